The molecular formula is C19H13F3N4O3S. The number of aromatic nitrogens is 2. The standard InChI is InChI=1S/C19H13F3N4O3S/c20-19(21,22)29-12-3-1-11(2-4-12)14-9-15(18(28)24-7-8-27)26-17(25-14)16-6-5-13(10-23)30-16/h1-6,9,27H,7-8H2,(H,24,28). The van der Waals surface area contributed by atoms with E-state index in [1.54, 1.807) is 12.1 Å². The lowest BCUT2D eigenvalue weighted by atomic mass is 10.1. The number of halogens is 3. The van der Waals surface area contributed by atoms with E-state index in [4.69, 9.17) is 10.4 Å². The maximum Gasteiger partial charge on any atom is 0.573 e. The summed E-state index contributed by atoms with van der Waals surface area (Å²) in [5.74, 6) is -0.759. The van der Waals surface area contributed by atoms with Crippen LogP contribution in [0.2, 0.25) is 0 Å². The monoisotopic (exact) mass is 434 g/mol. The van der Waals surface area contributed by atoms with Crippen molar-refractivity contribution in [1.29, 1.82) is 5.26 Å². The lowest BCUT2D eigenvalue weighted by Crippen LogP contribution is -2.27. The van der Waals surface area contributed by atoms with Crippen LogP contribution in [0.1, 0.15) is 15.4 Å². The van der Waals surface area contributed by atoms with E-state index in [0.717, 1.165) is 23.5 Å². The first-order valence-electron chi connectivity index (χ1n) is 8.43. The molecule has 11 heteroatoms. The molecule has 1 amide bonds. The maximum absolute atomic E-state index is 12.4. The summed E-state index contributed by atoms with van der Waals surface area (Å²) >= 11 is 1.13. The molecule has 0 fully saturated rings. The number of hydrogen-bond donors (Lipinski definition) is 2. The van der Waals surface area contributed by atoms with Crippen LogP contribution in [-0.4, -0.2) is 40.5 Å². The van der Waals surface area contributed by atoms with Crippen molar-refractivity contribution in [3.05, 3.63) is 53.0 Å². The first kappa shape index (κ1) is 21.2. The molecule has 30 heavy (non-hydrogen) atoms. The molecule has 3 aromatic rings. The second-order valence-electron chi connectivity index (χ2n) is 5.79. The van der Waals surface area contributed by atoms with Gasteiger partial charge < -0.3 is 15.2 Å². The van der Waals surface area contributed by atoms with Gasteiger partial charge in [-0.3, -0.25) is 4.79 Å². The Kier molecular flexibility index (Phi) is 6.29. The van der Waals surface area contributed by atoms with Gasteiger partial charge in [0, 0.05) is 12.1 Å². The predicted molar refractivity (Wildman–Crippen MR) is 102 cm³/mol. The number of thiophene rings is 1. The van der Waals surface area contributed by atoms with Crippen molar-refractivity contribution in [3.8, 4) is 33.8 Å². The Morgan fingerprint density at radius 1 is 1.20 bits per heavy atom. The Balaban J connectivity index is 2.01. The zero-order chi connectivity index (χ0) is 21.7. The van der Waals surface area contributed by atoms with Crippen molar-refractivity contribution >= 4 is 17.2 Å². The third-order valence-electron chi connectivity index (χ3n) is 3.68. The maximum atomic E-state index is 12.4. The van der Waals surface area contributed by atoms with Crippen molar-refractivity contribution in [2.75, 3.05) is 13.2 Å². The average molecular weight is 434 g/mol. The van der Waals surface area contributed by atoms with Crippen LogP contribution in [0.15, 0.2) is 42.5 Å². The third kappa shape index (κ3) is 5.31. The second kappa shape index (κ2) is 8.89. The Morgan fingerprint density at radius 3 is 2.53 bits per heavy atom. The van der Waals surface area contributed by atoms with E-state index in [1.807, 2.05) is 6.07 Å². The van der Waals surface area contributed by atoms with Crippen molar-refractivity contribution in [3.63, 3.8) is 0 Å². The van der Waals surface area contributed by atoms with Crippen molar-refractivity contribution in [2.24, 2.45) is 0 Å². The quantitative estimate of drug-likeness (QED) is 0.616. The van der Waals surface area contributed by atoms with Crippen LogP contribution in [0.3, 0.4) is 0 Å². The summed E-state index contributed by atoms with van der Waals surface area (Å²) in [4.78, 5) is 21.9. The fourth-order valence-corrected chi connectivity index (χ4v) is 3.16. The van der Waals surface area contributed by atoms with E-state index in [0.29, 0.717) is 21.0 Å². The minimum atomic E-state index is -4.81. The molecule has 0 bridgehead atoms. The number of carbonyl (C=O) groups excluding carboxylic acids is 1. The van der Waals surface area contributed by atoms with Gasteiger partial charge in [-0.25, -0.2) is 9.97 Å². The van der Waals surface area contributed by atoms with E-state index in [1.165, 1.54) is 18.2 Å². The van der Waals surface area contributed by atoms with E-state index >= 15 is 0 Å². The molecule has 0 saturated carbocycles. The average Bonchev–Trinajstić information content (AvgIpc) is 3.20. The molecule has 0 radical (unpaired) electrons. The molecule has 0 aliphatic heterocycles. The van der Waals surface area contributed by atoms with Gasteiger partial charge in [0.15, 0.2) is 5.82 Å². The van der Waals surface area contributed by atoms with Crippen LogP contribution in [-0.2, 0) is 0 Å². The first-order valence-corrected chi connectivity index (χ1v) is 9.25. The summed E-state index contributed by atoms with van der Waals surface area (Å²) < 4.78 is 40.9. The lowest BCUT2D eigenvalue weighted by molar-refractivity contribution is -0.274. The molecule has 7 nitrogen and oxygen atoms in total. The number of alkyl halides is 3. The number of amides is 1. The summed E-state index contributed by atoms with van der Waals surface area (Å²) in [5, 5.41) is 20.4. The zero-order valence-corrected chi connectivity index (χ0v) is 15.9. The number of aliphatic hydroxyl groups is 1. The SMILES string of the molecule is N#Cc1ccc(-c2nc(C(=O)NCCO)cc(-c3ccc(OC(F)(F)F)cc3)n2)s1. The molecule has 0 aliphatic rings. The van der Waals surface area contributed by atoms with Gasteiger partial charge in [0.05, 0.1) is 17.2 Å². The minimum Gasteiger partial charge on any atom is -0.406 e. The molecule has 3 rings (SSSR count). The molecule has 1 aromatic carbocycles. The van der Waals surface area contributed by atoms with Gasteiger partial charge in [-0.05, 0) is 42.5 Å². The Labute approximate surface area is 172 Å². The van der Waals surface area contributed by atoms with Crippen LogP contribution >= 0.6 is 11.3 Å². The number of carbonyl (C=O) groups is 1. The number of hydrogen-bond acceptors (Lipinski definition) is 7. The summed E-state index contributed by atoms with van der Waals surface area (Å²) in [6.07, 6.45) is -4.81. The molecule has 0 saturated heterocycles. The van der Waals surface area contributed by atoms with Gasteiger partial charge in [-0.15, -0.1) is 24.5 Å². The molecule has 0 unspecified atom stereocenters. The number of rotatable bonds is 6. The number of aliphatic hydroxyl groups excluding tert-OH is 1. The number of benzene rings is 1. The summed E-state index contributed by atoms with van der Waals surface area (Å²) in [7, 11) is 0. The second-order valence-corrected chi connectivity index (χ2v) is 6.87. The highest BCUT2D eigenvalue weighted by Crippen LogP contribution is 2.29. The Bertz CT molecular complexity index is 1090. The van der Waals surface area contributed by atoms with Crippen LogP contribution < -0.4 is 10.1 Å². The van der Waals surface area contributed by atoms with Gasteiger partial charge in [0.1, 0.15) is 22.4 Å². The van der Waals surface area contributed by atoms with Gasteiger partial charge in [-0.2, -0.15) is 5.26 Å². The summed E-state index contributed by atoms with van der Waals surface area (Å²) in [5.41, 5.74) is 0.729. The molecule has 154 valence electrons. The Morgan fingerprint density at radius 2 is 1.93 bits per heavy atom. The van der Waals surface area contributed by atoms with Gasteiger partial charge in [0.2, 0.25) is 0 Å². The number of nitrogens with one attached hydrogen (secondary N) is 1. The number of nitrogens with zero attached hydrogens (tertiary/aromatic N) is 3. The normalized spacial score (nSPS) is 11.0. The minimum absolute atomic E-state index is 0.00553. The summed E-state index contributed by atoms with van der Waals surface area (Å²) in [6, 6.07) is 11.6. The van der Waals surface area contributed by atoms with E-state index in [2.05, 4.69) is 20.0 Å². The molecule has 0 spiro atoms. The highest BCUT2D eigenvalue weighted by molar-refractivity contribution is 7.15. The molecule has 0 atom stereocenters. The third-order valence-corrected chi connectivity index (χ3v) is 4.66. The highest BCUT2D eigenvalue weighted by Gasteiger charge is 2.31. The van der Waals surface area contributed by atoms with Crippen molar-refractivity contribution in [2.45, 2.75) is 6.36 Å². The van der Waals surface area contributed by atoms with Crippen molar-refractivity contribution in [1.82, 2.24) is 15.3 Å². The zero-order valence-electron chi connectivity index (χ0n) is 15.1. The van der Waals surface area contributed by atoms with E-state index in [9.17, 15) is 18.0 Å². The smallest absolute Gasteiger partial charge is 0.406 e. The highest BCUT2D eigenvalue weighted by atomic mass is 32.1. The van der Waals surface area contributed by atoms with Gasteiger partial charge in [0.25, 0.3) is 5.91 Å². The topological polar surface area (TPSA) is 108 Å². The molecular weight excluding hydrogens is 421 g/mol. The molecule has 0 aliphatic carbocycles. The number of ether oxygens (including phenoxy) is 1. The lowest BCUT2D eigenvalue weighted by Gasteiger charge is -2.10. The molecule has 2 heterocycles. The Hall–Kier alpha value is -3.49. The fraction of sp³-hybridized carbons (Fsp3) is 0.158. The van der Waals surface area contributed by atoms with Crippen LogP contribution in [0.4, 0.5) is 13.2 Å². The fourth-order valence-electron chi connectivity index (χ4n) is 2.43. The first-order chi connectivity index (χ1) is 14.3. The van der Waals surface area contributed by atoms with E-state index < -0.39 is 18.0 Å². The summed E-state index contributed by atoms with van der Waals surface area (Å²) in [6.45, 7) is -0.234. The number of nitriles is 1. The molecule has 2 aromatic heterocycles. The van der Waals surface area contributed by atoms with Crippen LogP contribution in [0.5, 0.6) is 5.75 Å². The predicted octanol–water partition coefficient (Wildman–Crippen LogP) is 3.36. The van der Waals surface area contributed by atoms with Gasteiger partial charge in [-0.1, -0.05) is 0 Å². The van der Waals surface area contributed by atoms with Crippen LogP contribution in [0, 0.1) is 11.3 Å². The van der Waals surface area contributed by atoms with Gasteiger partial charge >= 0.3 is 6.36 Å². The largest absolute Gasteiger partial charge is 0.573 e. The molecule has 2 N–H and O–H groups in total. The van der Waals surface area contributed by atoms with Crippen LogP contribution in [0.25, 0.3) is 22.0 Å². The van der Waals surface area contributed by atoms with Crippen molar-refractivity contribution < 1.29 is 27.8 Å². The van der Waals surface area contributed by atoms with E-state index in [-0.39, 0.29) is 24.7 Å².